The summed E-state index contributed by atoms with van der Waals surface area (Å²) in [5.74, 6) is 0. The van der Waals surface area contributed by atoms with Crippen LogP contribution in [0.25, 0.3) is 0 Å². The molecule has 0 aliphatic carbocycles. The molecule has 0 aromatic rings. The van der Waals surface area contributed by atoms with E-state index in [1.807, 2.05) is 0 Å². The molecule has 0 fully saturated rings. The van der Waals surface area contributed by atoms with Crippen molar-refractivity contribution in [1.29, 1.82) is 5.26 Å². The van der Waals surface area contributed by atoms with E-state index in [4.69, 9.17) is 5.26 Å². The Bertz CT molecular complexity index is 100. The second-order valence-corrected chi connectivity index (χ2v) is 3.54. The van der Waals surface area contributed by atoms with Gasteiger partial charge in [0.25, 0.3) is 0 Å². The molecule has 56 valence electrons. The molecule has 0 radical (unpaired) electrons. The van der Waals surface area contributed by atoms with E-state index in [-0.39, 0.29) is 0 Å². The van der Waals surface area contributed by atoms with E-state index < -0.39 is 14.8 Å². The first-order valence-electron chi connectivity index (χ1n) is 1.57. The Morgan fingerprint density at radius 3 is 1.11 bits per heavy atom. The Kier molecular flexibility index (Phi) is 3.85. The van der Waals surface area contributed by atoms with Crippen LogP contribution in [0.3, 0.4) is 0 Å². The molecule has 0 rings (SSSR count). The van der Waals surface area contributed by atoms with Crippen molar-refractivity contribution in [2.45, 2.75) is 6.92 Å². The minimum absolute atomic E-state index is 1.43. The average Bonchev–Trinajstić information content (AvgIpc) is 1.23. The second kappa shape index (κ2) is 3.02. The molecule has 0 saturated carbocycles. The predicted octanol–water partition coefficient (Wildman–Crippen LogP) is 2.25. The van der Waals surface area contributed by atoms with Gasteiger partial charge in [-0.1, -0.05) is 0 Å². The third kappa shape index (κ3) is 2750. The van der Waals surface area contributed by atoms with Crippen LogP contribution >= 0.6 is 0 Å². The van der Waals surface area contributed by atoms with Gasteiger partial charge in [0.1, 0.15) is 0 Å². The van der Waals surface area contributed by atoms with Crippen molar-refractivity contribution >= 4 is 14.8 Å². The molecule has 9 heavy (non-hydrogen) atoms. The number of nitriles is 1. The summed E-state index contributed by atoms with van der Waals surface area (Å²) in [6, 6.07) is 1.75. The fourth-order valence-corrected chi connectivity index (χ4v) is 0. The third-order valence-corrected chi connectivity index (χ3v) is 0. The zero-order valence-corrected chi connectivity index (χ0v) is 6.16. The van der Waals surface area contributed by atoms with Gasteiger partial charge in [-0.05, 0) is 0 Å². The third-order valence-electron chi connectivity index (χ3n) is 0. The Hall–Kier alpha value is -0.302. The topological polar surface area (TPSA) is 23.8 Å². The van der Waals surface area contributed by atoms with E-state index in [1.54, 1.807) is 6.07 Å². The maximum atomic E-state index is 9.89. The van der Waals surface area contributed by atoms with Gasteiger partial charge in [-0.2, -0.15) is 5.26 Å². The molecular formula is C2H3AsF5N. The van der Waals surface area contributed by atoms with E-state index in [0.717, 1.165) is 0 Å². The number of hydrogen-bond acceptors (Lipinski definition) is 1. The molecule has 0 spiro atoms. The summed E-state index contributed by atoms with van der Waals surface area (Å²) in [7, 11) is 0. The van der Waals surface area contributed by atoms with Gasteiger partial charge in [0.05, 0.1) is 6.07 Å². The molecule has 0 aliphatic rings. The first kappa shape index (κ1) is 11.5. The Morgan fingerprint density at radius 1 is 1.11 bits per heavy atom. The molecule has 1 nitrogen and oxygen atoms in total. The second-order valence-electron chi connectivity index (χ2n) is 0.862. The van der Waals surface area contributed by atoms with Crippen molar-refractivity contribution in [2.75, 3.05) is 0 Å². The summed E-state index contributed by atoms with van der Waals surface area (Å²) >= 11 is -8.99. The van der Waals surface area contributed by atoms with E-state index in [9.17, 15) is 17.3 Å². The SMILES string of the molecule is CC#N.F[As](F)(F)(F)F. The summed E-state index contributed by atoms with van der Waals surface area (Å²) < 4.78 is 49.4. The standard InChI is InChI=1S/C2H3N.AsF5/c1-2-3;2-1(3,4,5)6/h1H3;. The van der Waals surface area contributed by atoms with E-state index in [2.05, 4.69) is 0 Å². The fourth-order valence-electron chi connectivity index (χ4n) is 0. The number of halogens is 5. The van der Waals surface area contributed by atoms with Gasteiger partial charge in [0.2, 0.25) is 0 Å². The van der Waals surface area contributed by atoms with Crippen LogP contribution < -0.4 is 0 Å². The molecular weight excluding hydrogens is 208 g/mol. The monoisotopic (exact) mass is 211 g/mol. The molecule has 0 saturated heterocycles. The minimum atomic E-state index is -8.99. The van der Waals surface area contributed by atoms with Gasteiger partial charge in [-0.15, -0.1) is 0 Å². The number of nitrogens with zero attached hydrogens (tertiary/aromatic N) is 1. The van der Waals surface area contributed by atoms with Crippen LogP contribution in [0, 0.1) is 11.3 Å². The van der Waals surface area contributed by atoms with Crippen LogP contribution in [0.4, 0.5) is 17.3 Å². The molecule has 0 aromatic carbocycles. The van der Waals surface area contributed by atoms with Gasteiger partial charge in [0, 0.05) is 6.92 Å². The fraction of sp³-hybridized carbons (Fsp3) is 0.500. The Balaban J connectivity index is 0. The molecule has 0 heterocycles. The molecule has 0 aliphatic heterocycles. The molecule has 7 heteroatoms. The molecule has 0 unspecified atom stereocenters. The molecule has 0 amide bonds. The summed E-state index contributed by atoms with van der Waals surface area (Å²) in [5, 5.41) is 7.32. The normalized spacial score (nSPS) is 13.7. The van der Waals surface area contributed by atoms with Crippen LogP contribution in [-0.2, 0) is 0 Å². The predicted molar refractivity (Wildman–Crippen MR) is 22.6 cm³/mol. The summed E-state index contributed by atoms with van der Waals surface area (Å²) in [4.78, 5) is 0. The van der Waals surface area contributed by atoms with Crippen LogP contribution in [0.15, 0.2) is 0 Å². The van der Waals surface area contributed by atoms with Crippen LogP contribution in [0.2, 0.25) is 0 Å². The first-order valence-corrected chi connectivity index (χ1v) is 5.12. The molecule has 0 aromatic heterocycles. The Labute approximate surface area is 51.2 Å². The van der Waals surface area contributed by atoms with Crippen molar-refractivity contribution in [3.8, 4) is 6.07 Å². The Morgan fingerprint density at radius 2 is 1.11 bits per heavy atom. The quantitative estimate of drug-likeness (QED) is 0.445. The molecule has 0 N–H and O–H groups in total. The number of rotatable bonds is 0. The van der Waals surface area contributed by atoms with Crippen LogP contribution in [0.1, 0.15) is 6.92 Å². The summed E-state index contributed by atoms with van der Waals surface area (Å²) in [6.45, 7) is 1.43. The van der Waals surface area contributed by atoms with Crippen molar-refractivity contribution in [3.05, 3.63) is 0 Å². The van der Waals surface area contributed by atoms with E-state index in [0.29, 0.717) is 0 Å². The van der Waals surface area contributed by atoms with Gasteiger partial charge in [-0.3, -0.25) is 0 Å². The van der Waals surface area contributed by atoms with Crippen LogP contribution in [0.5, 0.6) is 0 Å². The van der Waals surface area contributed by atoms with Crippen molar-refractivity contribution in [1.82, 2.24) is 0 Å². The summed E-state index contributed by atoms with van der Waals surface area (Å²) in [5.41, 5.74) is 0. The average molecular weight is 211 g/mol. The van der Waals surface area contributed by atoms with E-state index in [1.165, 1.54) is 6.92 Å². The van der Waals surface area contributed by atoms with Crippen LogP contribution in [-0.4, -0.2) is 14.8 Å². The molecule has 0 atom stereocenters. The maximum absolute atomic E-state index is 9.89. The molecule has 0 bridgehead atoms. The van der Waals surface area contributed by atoms with E-state index >= 15 is 0 Å². The van der Waals surface area contributed by atoms with Crippen molar-refractivity contribution in [2.24, 2.45) is 0 Å². The van der Waals surface area contributed by atoms with Gasteiger partial charge < -0.3 is 0 Å². The van der Waals surface area contributed by atoms with Crippen molar-refractivity contribution in [3.63, 3.8) is 0 Å². The zero-order valence-electron chi connectivity index (χ0n) is 4.28. The first-order chi connectivity index (χ1) is 3.65. The van der Waals surface area contributed by atoms with Crippen molar-refractivity contribution < 1.29 is 17.3 Å². The summed E-state index contributed by atoms with van der Waals surface area (Å²) in [6.07, 6.45) is 0. The zero-order chi connectivity index (χ0) is 8.15. The van der Waals surface area contributed by atoms with Gasteiger partial charge in [-0.25, -0.2) is 0 Å². The van der Waals surface area contributed by atoms with Gasteiger partial charge >= 0.3 is 32.1 Å². The number of hydrogen-bond donors (Lipinski definition) is 0. The van der Waals surface area contributed by atoms with Gasteiger partial charge in [0.15, 0.2) is 0 Å².